The predicted octanol–water partition coefficient (Wildman–Crippen LogP) is 2.90. The molecule has 29 heavy (non-hydrogen) atoms. The number of thiophene rings is 1. The molecule has 8 heteroatoms. The van der Waals surface area contributed by atoms with Crippen LogP contribution in [0.3, 0.4) is 0 Å². The van der Waals surface area contributed by atoms with Gasteiger partial charge in [0.2, 0.25) is 0 Å². The highest BCUT2D eigenvalue weighted by Gasteiger charge is 2.14. The maximum Gasteiger partial charge on any atom is 0.275 e. The van der Waals surface area contributed by atoms with Gasteiger partial charge in [-0.25, -0.2) is 4.98 Å². The number of methoxy groups -OCH3 is 2. The van der Waals surface area contributed by atoms with Crippen LogP contribution in [0.5, 0.6) is 11.5 Å². The van der Waals surface area contributed by atoms with E-state index in [-0.39, 0.29) is 11.5 Å². The topological polar surface area (TPSA) is 81.9 Å². The third kappa shape index (κ3) is 3.54. The van der Waals surface area contributed by atoms with Crippen LogP contribution in [0, 0.1) is 0 Å². The van der Waals surface area contributed by atoms with Crippen LogP contribution >= 0.6 is 11.3 Å². The molecule has 0 fully saturated rings. The normalized spacial score (nSPS) is 11.0. The van der Waals surface area contributed by atoms with Gasteiger partial charge in [0.15, 0.2) is 17.1 Å². The molecule has 1 aromatic carbocycles. The highest BCUT2D eigenvalue weighted by Crippen LogP contribution is 2.27. The third-order valence-electron chi connectivity index (χ3n) is 4.64. The highest BCUT2D eigenvalue weighted by atomic mass is 32.1. The average molecular weight is 409 g/mol. The number of ether oxygens (including phenoxy) is 2. The van der Waals surface area contributed by atoms with Crippen LogP contribution in [0.1, 0.15) is 15.9 Å². The molecular weight excluding hydrogens is 390 g/mol. The van der Waals surface area contributed by atoms with E-state index in [1.165, 1.54) is 15.7 Å². The van der Waals surface area contributed by atoms with Crippen LogP contribution in [0.25, 0.3) is 15.9 Å². The summed E-state index contributed by atoms with van der Waals surface area (Å²) in [6.45, 7) is 0.431. The van der Waals surface area contributed by atoms with Crippen LogP contribution in [-0.4, -0.2) is 36.1 Å². The average Bonchev–Trinajstić information content (AvgIpc) is 3.22. The summed E-state index contributed by atoms with van der Waals surface area (Å²) in [6.07, 6.45) is 2.25. The number of nitrogens with zero attached hydrogens (tertiary/aromatic N) is 2. The second kappa shape index (κ2) is 7.92. The van der Waals surface area contributed by atoms with E-state index in [0.29, 0.717) is 45.9 Å². The summed E-state index contributed by atoms with van der Waals surface area (Å²) in [4.78, 5) is 29.9. The molecule has 1 N–H and O–H groups in total. The van der Waals surface area contributed by atoms with E-state index < -0.39 is 0 Å². The third-order valence-corrected chi connectivity index (χ3v) is 5.53. The molecule has 0 saturated heterocycles. The number of hydrogen-bond acceptors (Lipinski definition) is 6. The first-order valence-electron chi connectivity index (χ1n) is 9.00. The Morgan fingerprint density at radius 3 is 2.79 bits per heavy atom. The van der Waals surface area contributed by atoms with Crippen molar-refractivity contribution in [2.45, 2.75) is 6.42 Å². The van der Waals surface area contributed by atoms with Gasteiger partial charge in [0, 0.05) is 12.7 Å². The fourth-order valence-electron chi connectivity index (χ4n) is 3.18. The number of aromatic nitrogens is 2. The molecule has 0 bridgehead atoms. The summed E-state index contributed by atoms with van der Waals surface area (Å²) in [5, 5.41) is 4.72. The van der Waals surface area contributed by atoms with Crippen molar-refractivity contribution >= 4 is 33.1 Å². The predicted molar refractivity (Wildman–Crippen MR) is 112 cm³/mol. The van der Waals surface area contributed by atoms with Gasteiger partial charge in [-0.1, -0.05) is 6.07 Å². The molecule has 0 aliphatic carbocycles. The number of amides is 1. The Labute approximate surface area is 170 Å². The molecule has 4 rings (SSSR count). The minimum absolute atomic E-state index is 0.167. The van der Waals surface area contributed by atoms with Crippen molar-refractivity contribution in [3.05, 3.63) is 69.5 Å². The monoisotopic (exact) mass is 409 g/mol. The molecule has 3 aromatic heterocycles. The lowest BCUT2D eigenvalue weighted by Crippen LogP contribution is -2.27. The summed E-state index contributed by atoms with van der Waals surface area (Å²) in [6, 6.07) is 10.8. The van der Waals surface area contributed by atoms with E-state index in [1.54, 1.807) is 38.6 Å². The van der Waals surface area contributed by atoms with Crippen LogP contribution in [0.15, 0.2) is 52.8 Å². The van der Waals surface area contributed by atoms with Gasteiger partial charge in [-0.2, -0.15) is 0 Å². The van der Waals surface area contributed by atoms with Gasteiger partial charge in [-0.3, -0.25) is 14.0 Å². The number of carbonyl (C=O) groups is 1. The van der Waals surface area contributed by atoms with E-state index in [1.807, 2.05) is 23.6 Å². The van der Waals surface area contributed by atoms with E-state index in [4.69, 9.17) is 9.47 Å². The number of carbonyl (C=O) groups excluding carboxylic acids is 1. The SMILES string of the molecule is COc1ccc(CCNC(=O)c2cccn3c(=O)c4sccc4nc23)cc1OC. The number of benzene rings is 1. The van der Waals surface area contributed by atoms with E-state index >= 15 is 0 Å². The molecular formula is C21H19N3O4S. The molecule has 0 radical (unpaired) electrons. The van der Waals surface area contributed by atoms with Gasteiger partial charge in [-0.15, -0.1) is 11.3 Å². The van der Waals surface area contributed by atoms with Gasteiger partial charge in [0.25, 0.3) is 11.5 Å². The lowest BCUT2D eigenvalue weighted by Gasteiger charge is -2.11. The first kappa shape index (κ1) is 18.9. The van der Waals surface area contributed by atoms with Crippen molar-refractivity contribution < 1.29 is 14.3 Å². The van der Waals surface area contributed by atoms with Crippen LogP contribution in [-0.2, 0) is 6.42 Å². The van der Waals surface area contributed by atoms with Gasteiger partial charge in [0.05, 0.1) is 25.3 Å². The zero-order valence-corrected chi connectivity index (χ0v) is 16.8. The number of rotatable bonds is 6. The Balaban J connectivity index is 1.54. The quantitative estimate of drug-likeness (QED) is 0.530. The highest BCUT2D eigenvalue weighted by molar-refractivity contribution is 7.17. The second-order valence-corrected chi connectivity index (χ2v) is 7.28. The molecule has 0 unspecified atom stereocenters. The minimum Gasteiger partial charge on any atom is -0.493 e. The van der Waals surface area contributed by atoms with Gasteiger partial charge < -0.3 is 14.8 Å². The fraction of sp³-hybridized carbons (Fsp3) is 0.190. The minimum atomic E-state index is -0.273. The lowest BCUT2D eigenvalue weighted by atomic mass is 10.1. The Morgan fingerprint density at radius 1 is 1.17 bits per heavy atom. The maximum atomic E-state index is 12.7. The van der Waals surface area contributed by atoms with Crippen LogP contribution in [0.4, 0.5) is 0 Å². The van der Waals surface area contributed by atoms with Gasteiger partial charge >= 0.3 is 0 Å². The number of fused-ring (bicyclic) bond motifs is 2. The summed E-state index contributed by atoms with van der Waals surface area (Å²) in [5.74, 6) is 1.03. The number of nitrogens with one attached hydrogen (secondary N) is 1. The Hall–Kier alpha value is -3.39. The van der Waals surface area contributed by atoms with E-state index in [2.05, 4.69) is 10.3 Å². The van der Waals surface area contributed by atoms with Crippen molar-refractivity contribution in [1.82, 2.24) is 14.7 Å². The maximum absolute atomic E-state index is 12.7. The molecule has 3 heterocycles. The van der Waals surface area contributed by atoms with Crippen molar-refractivity contribution in [3.63, 3.8) is 0 Å². The van der Waals surface area contributed by atoms with Crippen molar-refractivity contribution in [2.24, 2.45) is 0 Å². The van der Waals surface area contributed by atoms with Crippen molar-refractivity contribution in [3.8, 4) is 11.5 Å². The van der Waals surface area contributed by atoms with E-state index in [0.717, 1.165) is 5.56 Å². The van der Waals surface area contributed by atoms with Crippen LogP contribution < -0.4 is 20.3 Å². The molecule has 148 valence electrons. The number of pyridine rings is 1. The van der Waals surface area contributed by atoms with Crippen molar-refractivity contribution in [1.29, 1.82) is 0 Å². The smallest absolute Gasteiger partial charge is 0.275 e. The molecule has 0 aliphatic rings. The molecule has 0 spiro atoms. The second-order valence-electron chi connectivity index (χ2n) is 6.36. The first-order valence-corrected chi connectivity index (χ1v) is 9.88. The summed E-state index contributed by atoms with van der Waals surface area (Å²) >= 11 is 1.34. The van der Waals surface area contributed by atoms with Crippen molar-refractivity contribution in [2.75, 3.05) is 20.8 Å². The van der Waals surface area contributed by atoms with E-state index in [9.17, 15) is 9.59 Å². The largest absolute Gasteiger partial charge is 0.493 e. The summed E-state index contributed by atoms with van der Waals surface area (Å²) in [5.41, 5.74) is 2.16. The van der Waals surface area contributed by atoms with Gasteiger partial charge in [-0.05, 0) is 47.7 Å². The molecule has 0 atom stereocenters. The molecule has 1 amide bonds. The summed E-state index contributed by atoms with van der Waals surface area (Å²) in [7, 11) is 3.18. The molecule has 7 nitrogen and oxygen atoms in total. The fourth-order valence-corrected chi connectivity index (χ4v) is 3.95. The van der Waals surface area contributed by atoms with Crippen LogP contribution in [0.2, 0.25) is 0 Å². The standard InChI is InChI=1S/C21H19N3O4S/c1-27-16-6-5-13(12-17(16)28-2)7-9-22-20(25)14-4-3-10-24-19(14)23-15-8-11-29-18(15)21(24)26/h3-6,8,10-12H,7,9H2,1-2H3,(H,22,25). The number of hydrogen-bond donors (Lipinski definition) is 1. The lowest BCUT2D eigenvalue weighted by molar-refractivity contribution is 0.0955. The zero-order valence-electron chi connectivity index (χ0n) is 16.0. The Kier molecular flexibility index (Phi) is 5.18. The molecule has 0 aliphatic heterocycles. The summed E-state index contributed by atoms with van der Waals surface area (Å²) < 4.78 is 12.5. The van der Waals surface area contributed by atoms with Gasteiger partial charge in [0.1, 0.15) is 4.70 Å². The molecule has 4 aromatic rings. The Bertz CT molecular complexity index is 1260. The molecule has 0 saturated carbocycles. The zero-order chi connectivity index (χ0) is 20.4. The Morgan fingerprint density at radius 2 is 2.00 bits per heavy atom. The first-order chi connectivity index (χ1) is 14.1.